The van der Waals surface area contributed by atoms with E-state index in [0.29, 0.717) is 19.3 Å². The summed E-state index contributed by atoms with van der Waals surface area (Å²) in [5.74, 6) is -1.04. The van der Waals surface area contributed by atoms with Gasteiger partial charge in [0.05, 0.1) is 23.6 Å². The van der Waals surface area contributed by atoms with Gasteiger partial charge in [0.1, 0.15) is 12.4 Å². The number of Topliss-reactive ketones (excluding diaryl/α,β-unsaturated/α-hetero) is 1. The smallest absolute Gasteiger partial charge is 0.407 e. The van der Waals surface area contributed by atoms with E-state index in [1.165, 1.54) is 20.8 Å². The molecule has 1 aliphatic carbocycles. The molecule has 0 radical (unpaired) electrons. The number of nitrogens with zero attached hydrogens (tertiary/aromatic N) is 1. The molecule has 0 bridgehead atoms. The normalized spacial score (nSPS) is 18.1. The maximum absolute atomic E-state index is 13.5. The number of benzene rings is 2. The van der Waals surface area contributed by atoms with E-state index >= 15 is 0 Å². The van der Waals surface area contributed by atoms with Gasteiger partial charge in [-0.05, 0) is 63.5 Å². The molecular formula is C33H48N4O7S. The Labute approximate surface area is 267 Å². The molecule has 2 amide bonds. The zero-order valence-corrected chi connectivity index (χ0v) is 27.7. The van der Waals surface area contributed by atoms with E-state index in [1.807, 2.05) is 74.5 Å². The molecule has 45 heavy (non-hydrogen) atoms. The minimum atomic E-state index is -4.18. The molecule has 0 saturated heterocycles. The molecule has 0 spiro atoms. The summed E-state index contributed by atoms with van der Waals surface area (Å²) in [6.07, 6.45) is 0.0305. The fourth-order valence-electron chi connectivity index (χ4n) is 4.85. The quantitative estimate of drug-likeness (QED) is 0.206. The van der Waals surface area contributed by atoms with E-state index < -0.39 is 45.9 Å². The van der Waals surface area contributed by atoms with E-state index in [4.69, 9.17) is 4.74 Å². The van der Waals surface area contributed by atoms with Crippen molar-refractivity contribution in [3.63, 3.8) is 0 Å². The average Bonchev–Trinajstić information content (AvgIpc) is 2.96. The number of aliphatic hydroxyl groups excluding tert-OH is 1. The van der Waals surface area contributed by atoms with Gasteiger partial charge in [0.25, 0.3) is 10.2 Å². The number of ether oxygens (including phenoxy) is 1. The van der Waals surface area contributed by atoms with Crippen molar-refractivity contribution in [1.82, 2.24) is 19.7 Å². The Hall–Kier alpha value is -3.32. The molecule has 4 N–H and O–H groups in total. The first-order chi connectivity index (χ1) is 21.2. The molecule has 0 aromatic heterocycles. The van der Waals surface area contributed by atoms with Crippen LogP contribution in [-0.4, -0.2) is 72.4 Å². The number of carbonyl (C=O) groups is 3. The summed E-state index contributed by atoms with van der Waals surface area (Å²) >= 11 is 0. The number of aliphatic hydroxyl groups is 1. The monoisotopic (exact) mass is 644 g/mol. The van der Waals surface area contributed by atoms with Gasteiger partial charge < -0.3 is 20.5 Å². The second kappa shape index (κ2) is 16.3. The highest BCUT2D eigenvalue weighted by Gasteiger charge is 2.40. The molecule has 1 aliphatic rings. The van der Waals surface area contributed by atoms with E-state index in [0.717, 1.165) is 15.4 Å². The Bertz CT molecular complexity index is 1370. The topological polar surface area (TPSA) is 154 Å². The van der Waals surface area contributed by atoms with Crippen LogP contribution in [0.2, 0.25) is 0 Å². The minimum Gasteiger partial charge on any atom is -0.445 e. The van der Waals surface area contributed by atoms with Gasteiger partial charge in [-0.15, -0.1) is 0 Å². The van der Waals surface area contributed by atoms with Crippen LogP contribution in [0.3, 0.4) is 0 Å². The standard InChI is InChI=1S/C33H48N4O7S/c1-23(2)18-19-37(45(42,43)36-33(4,5)24(3)38)21-30(39)29(20-25-12-8-6-9-13-25)34-31(40)27-16-17-28(27)35-32(41)44-22-26-14-10-7-11-15-26/h6-15,23,27-30,36,39H,16-22H2,1-5H3,(H,34,40)(H,35,41). The van der Waals surface area contributed by atoms with Crippen LogP contribution in [-0.2, 0) is 37.6 Å². The first-order valence-electron chi connectivity index (χ1n) is 15.5. The van der Waals surface area contributed by atoms with Crippen molar-refractivity contribution in [1.29, 1.82) is 0 Å². The third-order valence-corrected chi connectivity index (χ3v) is 9.95. The van der Waals surface area contributed by atoms with Gasteiger partial charge >= 0.3 is 6.09 Å². The van der Waals surface area contributed by atoms with Crippen LogP contribution in [0.4, 0.5) is 4.79 Å². The molecule has 1 fully saturated rings. The lowest BCUT2D eigenvalue weighted by Crippen LogP contribution is -2.59. The number of alkyl carbamates (subject to hydrolysis) is 1. The first kappa shape index (κ1) is 36.2. The van der Waals surface area contributed by atoms with Crippen molar-refractivity contribution in [2.45, 2.75) is 90.6 Å². The summed E-state index contributed by atoms with van der Waals surface area (Å²) < 4.78 is 35.9. The SMILES string of the molecule is CC(=O)C(C)(C)NS(=O)(=O)N(CCC(C)C)CC(O)C(Cc1ccccc1)NC(=O)C1CCC1NC(=O)OCc1ccccc1. The van der Waals surface area contributed by atoms with E-state index in [2.05, 4.69) is 15.4 Å². The number of carbonyl (C=O) groups excluding carboxylic acids is 3. The maximum atomic E-state index is 13.5. The third kappa shape index (κ3) is 11.2. The molecule has 2 aromatic carbocycles. The highest BCUT2D eigenvalue weighted by molar-refractivity contribution is 7.87. The molecule has 1 saturated carbocycles. The van der Waals surface area contributed by atoms with Crippen molar-refractivity contribution in [2.24, 2.45) is 11.8 Å². The highest BCUT2D eigenvalue weighted by Crippen LogP contribution is 2.28. The number of hydrogen-bond donors (Lipinski definition) is 4. The number of hydrogen-bond acceptors (Lipinski definition) is 7. The van der Waals surface area contributed by atoms with Crippen LogP contribution < -0.4 is 15.4 Å². The average molecular weight is 645 g/mol. The van der Waals surface area contributed by atoms with Gasteiger partial charge in [-0.25, -0.2) is 4.79 Å². The number of rotatable bonds is 17. The number of nitrogens with one attached hydrogen (secondary N) is 3. The molecule has 4 atom stereocenters. The molecular weight excluding hydrogens is 596 g/mol. The zero-order valence-electron chi connectivity index (χ0n) is 26.9. The second-order valence-electron chi connectivity index (χ2n) is 12.7. The van der Waals surface area contributed by atoms with Gasteiger partial charge in [-0.1, -0.05) is 74.5 Å². The predicted octanol–water partition coefficient (Wildman–Crippen LogP) is 3.33. The van der Waals surface area contributed by atoms with Crippen molar-refractivity contribution >= 4 is 28.0 Å². The molecule has 0 aliphatic heterocycles. The molecule has 0 heterocycles. The van der Waals surface area contributed by atoms with Crippen LogP contribution in [0, 0.1) is 11.8 Å². The van der Waals surface area contributed by atoms with E-state index in [1.54, 1.807) is 0 Å². The Morgan fingerprint density at radius 2 is 1.60 bits per heavy atom. The maximum Gasteiger partial charge on any atom is 0.407 e. The third-order valence-electron chi connectivity index (χ3n) is 8.17. The Morgan fingerprint density at radius 3 is 2.13 bits per heavy atom. The van der Waals surface area contributed by atoms with Crippen LogP contribution in [0.15, 0.2) is 60.7 Å². The summed E-state index contributed by atoms with van der Waals surface area (Å²) in [4.78, 5) is 38.0. The van der Waals surface area contributed by atoms with Crippen molar-refractivity contribution in [3.05, 3.63) is 71.8 Å². The largest absolute Gasteiger partial charge is 0.445 e. The minimum absolute atomic E-state index is 0.107. The van der Waals surface area contributed by atoms with Crippen LogP contribution in [0.5, 0.6) is 0 Å². The lowest BCUT2D eigenvalue weighted by molar-refractivity contribution is -0.130. The molecule has 248 valence electrons. The summed E-state index contributed by atoms with van der Waals surface area (Å²) in [6.45, 7) is 8.14. The summed E-state index contributed by atoms with van der Waals surface area (Å²) in [6, 6.07) is 17.3. The van der Waals surface area contributed by atoms with Crippen LogP contribution >= 0.6 is 0 Å². The Morgan fingerprint density at radius 1 is 1.00 bits per heavy atom. The molecule has 3 rings (SSSR count). The van der Waals surface area contributed by atoms with Crippen molar-refractivity contribution in [3.8, 4) is 0 Å². The Balaban J connectivity index is 1.72. The van der Waals surface area contributed by atoms with Crippen molar-refractivity contribution < 1.29 is 32.6 Å². The molecule has 2 aromatic rings. The zero-order chi connectivity index (χ0) is 33.2. The van der Waals surface area contributed by atoms with Crippen LogP contribution in [0.1, 0.15) is 65.0 Å². The van der Waals surface area contributed by atoms with Gasteiger partial charge in [0.15, 0.2) is 0 Å². The number of ketones is 1. The molecule has 4 unspecified atom stereocenters. The summed E-state index contributed by atoms with van der Waals surface area (Å²) in [5.41, 5.74) is 0.353. The summed E-state index contributed by atoms with van der Waals surface area (Å²) in [5, 5.41) is 17.2. The number of amides is 2. The Kier molecular flexibility index (Phi) is 13.1. The fourth-order valence-corrected chi connectivity index (χ4v) is 6.46. The highest BCUT2D eigenvalue weighted by atomic mass is 32.2. The van der Waals surface area contributed by atoms with Gasteiger partial charge in [-0.3, -0.25) is 9.59 Å². The lowest BCUT2D eigenvalue weighted by Gasteiger charge is -2.37. The van der Waals surface area contributed by atoms with E-state index in [9.17, 15) is 27.9 Å². The van der Waals surface area contributed by atoms with E-state index in [-0.39, 0.29) is 43.7 Å². The first-order valence-corrected chi connectivity index (χ1v) is 16.9. The second-order valence-corrected chi connectivity index (χ2v) is 14.4. The molecule has 11 nitrogen and oxygen atoms in total. The predicted molar refractivity (Wildman–Crippen MR) is 172 cm³/mol. The van der Waals surface area contributed by atoms with Gasteiger partial charge in [-0.2, -0.15) is 17.4 Å². The lowest BCUT2D eigenvalue weighted by atomic mass is 9.78. The van der Waals surface area contributed by atoms with Gasteiger partial charge in [0, 0.05) is 19.1 Å². The van der Waals surface area contributed by atoms with Gasteiger partial charge in [0.2, 0.25) is 5.91 Å². The van der Waals surface area contributed by atoms with Crippen molar-refractivity contribution in [2.75, 3.05) is 13.1 Å². The van der Waals surface area contributed by atoms with Crippen LogP contribution in [0.25, 0.3) is 0 Å². The fraction of sp³-hybridized carbons (Fsp3) is 0.545. The molecule has 12 heteroatoms. The summed E-state index contributed by atoms with van der Waals surface area (Å²) in [7, 11) is -4.18.